The van der Waals surface area contributed by atoms with Crippen LogP contribution < -0.4 is 0 Å². The van der Waals surface area contributed by atoms with Gasteiger partial charge in [-0.2, -0.15) is 0 Å². The van der Waals surface area contributed by atoms with Crippen molar-refractivity contribution in [2.24, 2.45) is 10.8 Å². The third-order valence-corrected chi connectivity index (χ3v) is 5.95. The fraction of sp³-hybridized carbons (Fsp3) is 0.600. The number of rotatable bonds is 1. The van der Waals surface area contributed by atoms with Crippen molar-refractivity contribution in [1.29, 1.82) is 0 Å². The smallest absolute Gasteiger partial charge is 0.408 e. The molecule has 2 N–H and O–H groups in total. The first-order valence-corrected chi connectivity index (χ1v) is 9.80. The number of amides is 2. The molecule has 0 saturated carbocycles. The molecule has 0 bridgehead atoms. The van der Waals surface area contributed by atoms with Crippen LogP contribution in [0.3, 0.4) is 0 Å². The molecule has 0 spiro atoms. The summed E-state index contributed by atoms with van der Waals surface area (Å²) in [5.74, 6) is 0. The summed E-state index contributed by atoms with van der Waals surface area (Å²) in [5.41, 5.74) is -1.31. The molecule has 1 aliphatic heterocycles. The molecule has 1 saturated heterocycles. The van der Waals surface area contributed by atoms with Gasteiger partial charge in [0.05, 0.1) is 11.6 Å². The van der Waals surface area contributed by atoms with E-state index in [-0.39, 0.29) is 13.1 Å². The lowest BCUT2D eigenvalue weighted by Crippen LogP contribution is -2.75. The Morgan fingerprint density at radius 2 is 1.52 bits per heavy atom. The lowest BCUT2D eigenvalue weighted by molar-refractivity contribution is -0.126. The molecule has 1 aliphatic rings. The molecular formula is C20H29BrN2O4. The standard InChI is InChI=1S/C20H29BrN2O4/c1-18(2,3)15-20(19(4,5)6,13-7-9-14(21)10-8-13)23(17(26)27)12-11-22(15)16(24)25/h7-10,15H,11-12H2,1-6H3,(H,24,25)(H,26,27)/t15?,20-/m1/s1. The normalized spacial score (nSPS) is 24.0. The van der Waals surface area contributed by atoms with E-state index in [4.69, 9.17) is 0 Å². The highest BCUT2D eigenvalue weighted by atomic mass is 79.9. The predicted octanol–water partition coefficient (Wildman–Crippen LogP) is 5.08. The summed E-state index contributed by atoms with van der Waals surface area (Å²) in [4.78, 5) is 27.4. The molecule has 2 atom stereocenters. The molecule has 1 fully saturated rings. The molecule has 2 rings (SSSR count). The number of halogens is 1. The summed E-state index contributed by atoms with van der Waals surface area (Å²) >= 11 is 3.44. The zero-order valence-electron chi connectivity index (χ0n) is 16.8. The van der Waals surface area contributed by atoms with Crippen LogP contribution in [0.25, 0.3) is 0 Å². The number of carboxylic acid groups (broad SMARTS) is 2. The van der Waals surface area contributed by atoms with Crippen molar-refractivity contribution in [3.63, 3.8) is 0 Å². The Morgan fingerprint density at radius 3 is 1.89 bits per heavy atom. The Morgan fingerprint density at radius 1 is 1.00 bits per heavy atom. The Bertz CT molecular complexity index is 721. The number of nitrogens with zero attached hydrogens (tertiary/aromatic N) is 2. The van der Waals surface area contributed by atoms with Gasteiger partial charge in [0.1, 0.15) is 0 Å². The van der Waals surface area contributed by atoms with Crippen molar-refractivity contribution in [3.8, 4) is 0 Å². The highest BCUT2D eigenvalue weighted by Gasteiger charge is 2.63. The number of carbonyl (C=O) groups is 2. The first-order chi connectivity index (χ1) is 12.2. The van der Waals surface area contributed by atoms with E-state index in [0.29, 0.717) is 0 Å². The molecule has 27 heavy (non-hydrogen) atoms. The topological polar surface area (TPSA) is 81.1 Å². The molecule has 1 heterocycles. The minimum absolute atomic E-state index is 0.127. The van der Waals surface area contributed by atoms with Gasteiger partial charge < -0.3 is 15.1 Å². The van der Waals surface area contributed by atoms with Crippen LogP contribution in [0.1, 0.15) is 47.1 Å². The van der Waals surface area contributed by atoms with E-state index < -0.39 is 34.6 Å². The van der Waals surface area contributed by atoms with Crippen LogP contribution in [0.5, 0.6) is 0 Å². The fourth-order valence-electron chi connectivity index (χ4n) is 4.70. The minimum Gasteiger partial charge on any atom is -0.465 e. The van der Waals surface area contributed by atoms with Crippen molar-refractivity contribution in [2.75, 3.05) is 13.1 Å². The van der Waals surface area contributed by atoms with E-state index in [1.165, 1.54) is 9.80 Å². The second-order valence-corrected chi connectivity index (χ2v) is 10.1. The summed E-state index contributed by atoms with van der Waals surface area (Å²) in [6.07, 6.45) is -2.06. The van der Waals surface area contributed by atoms with Crippen LogP contribution >= 0.6 is 15.9 Å². The maximum absolute atomic E-state index is 12.4. The molecule has 150 valence electrons. The van der Waals surface area contributed by atoms with Gasteiger partial charge in [0.15, 0.2) is 0 Å². The average molecular weight is 441 g/mol. The van der Waals surface area contributed by atoms with E-state index in [1.54, 1.807) is 0 Å². The first-order valence-electron chi connectivity index (χ1n) is 9.00. The van der Waals surface area contributed by atoms with Gasteiger partial charge in [0.2, 0.25) is 0 Å². The second kappa shape index (κ2) is 7.00. The Kier molecular flexibility index (Phi) is 5.59. The van der Waals surface area contributed by atoms with Gasteiger partial charge in [-0.05, 0) is 28.5 Å². The van der Waals surface area contributed by atoms with Crippen molar-refractivity contribution >= 4 is 28.1 Å². The molecule has 0 radical (unpaired) electrons. The van der Waals surface area contributed by atoms with Gasteiger partial charge in [-0.15, -0.1) is 0 Å². The number of piperazine rings is 1. The number of benzene rings is 1. The molecule has 2 amide bonds. The van der Waals surface area contributed by atoms with Crippen LogP contribution in [0.2, 0.25) is 0 Å². The number of hydrogen-bond acceptors (Lipinski definition) is 2. The predicted molar refractivity (Wildman–Crippen MR) is 108 cm³/mol. The van der Waals surface area contributed by atoms with Gasteiger partial charge in [0, 0.05) is 17.6 Å². The highest BCUT2D eigenvalue weighted by molar-refractivity contribution is 9.10. The third kappa shape index (κ3) is 3.53. The van der Waals surface area contributed by atoms with Crippen LogP contribution in [-0.4, -0.2) is 51.3 Å². The van der Waals surface area contributed by atoms with Gasteiger partial charge in [-0.25, -0.2) is 9.59 Å². The van der Waals surface area contributed by atoms with E-state index in [0.717, 1.165) is 10.0 Å². The van der Waals surface area contributed by atoms with Gasteiger partial charge in [-0.3, -0.25) is 4.90 Å². The van der Waals surface area contributed by atoms with Crippen molar-refractivity contribution in [3.05, 3.63) is 34.3 Å². The van der Waals surface area contributed by atoms with Gasteiger partial charge in [-0.1, -0.05) is 69.6 Å². The zero-order valence-corrected chi connectivity index (χ0v) is 18.4. The Balaban J connectivity index is 2.94. The minimum atomic E-state index is -1.05. The summed E-state index contributed by atoms with van der Waals surface area (Å²) in [5, 5.41) is 20.1. The van der Waals surface area contributed by atoms with E-state index >= 15 is 0 Å². The summed E-state index contributed by atoms with van der Waals surface area (Å²) < 4.78 is 0.885. The monoisotopic (exact) mass is 440 g/mol. The van der Waals surface area contributed by atoms with Crippen LogP contribution in [0, 0.1) is 10.8 Å². The van der Waals surface area contributed by atoms with Gasteiger partial charge in [0.25, 0.3) is 0 Å². The van der Waals surface area contributed by atoms with Crippen molar-refractivity contribution < 1.29 is 19.8 Å². The summed E-state index contributed by atoms with van der Waals surface area (Å²) in [6, 6.07) is 6.99. The molecule has 0 aromatic heterocycles. The summed E-state index contributed by atoms with van der Waals surface area (Å²) in [6.45, 7) is 12.1. The van der Waals surface area contributed by atoms with Crippen molar-refractivity contribution in [2.45, 2.75) is 53.1 Å². The largest absolute Gasteiger partial charge is 0.465 e. The molecule has 1 unspecified atom stereocenters. The van der Waals surface area contributed by atoms with Crippen LogP contribution in [-0.2, 0) is 5.54 Å². The van der Waals surface area contributed by atoms with E-state index in [9.17, 15) is 19.8 Å². The molecule has 1 aromatic carbocycles. The van der Waals surface area contributed by atoms with Crippen LogP contribution in [0.15, 0.2) is 28.7 Å². The molecule has 0 aliphatic carbocycles. The molecule has 1 aromatic rings. The zero-order chi connectivity index (χ0) is 20.8. The maximum Gasteiger partial charge on any atom is 0.408 e. The van der Waals surface area contributed by atoms with E-state index in [1.807, 2.05) is 65.8 Å². The first kappa shape index (κ1) is 21.5. The second-order valence-electron chi connectivity index (χ2n) is 9.20. The van der Waals surface area contributed by atoms with Crippen LogP contribution in [0.4, 0.5) is 9.59 Å². The van der Waals surface area contributed by atoms with E-state index in [2.05, 4.69) is 15.9 Å². The SMILES string of the molecule is CC(C)(C)C1N(C(=O)O)CCN(C(=O)O)[C@@]1(c1ccc(Br)cc1)C(C)(C)C. The molecule has 6 nitrogen and oxygen atoms in total. The summed E-state index contributed by atoms with van der Waals surface area (Å²) in [7, 11) is 0. The molecule has 7 heteroatoms. The highest BCUT2D eigenvalue weighted by Crippen LogP contribution is 2.54. The Labute approximate surface area is 169 Å². The maximum atomic E-state index is 12.4. The Hall–Kier alpha value is -1.76. The van der Waals surface area contributed by atoms with Gasteiger partial charge >= 0.3 is 12.2 Å². The average Bonchev–Trinajstić information content (AvgIpc) is 2.51. The van der Waals surface area contributed by atoms with Crippen molar-refractivity contribution in [1.82, 2.24) is 9.80 Å². The fourth-order valence-corrected chi connectivity index (χ4v) is 4.96. The third-order valence-electron chi connectivity index (χ3n) is 5.42. The quantitative estimate of drug-likeness (QED) is 0.637. The lowest BCUT2D eigenvalue weighted by Gasteiger charge is -2.63. The lowest BCUT2D eigenvalue weighted by atomic mass is 9.57. The number of hydrogen-bond donors (Lipinski definition) is 2. The molecular weight excluding hydrogens is 412 g/mol.